The predicted molar refractivity (Wildman–Crippen MR) is 78.0 cm³/mol. The van der Waals surface area contributed by atoms with Gasteiger partial charge < -0.3 is 15.4 Å². The molecule has 21 heavy (non-hydrogen) atoms. The fourth-order valence-corrected chi connectivity index (χ4v) is 1.55. The Balaban J connectivity index is 1.92. The van der Waals surface area contributed by atoms with Crippen LogP contribution in [0.4, 0.5) is 14.9 Å². The molecule has 0 spiro atoms. The standard InChI is InChI=1S/C15H16FN3O2/c1-2-9-17-15(20)19-12-5-8-14(18-10-12)21-13-6-3-11(16)4-7-13/h3-8,10H,2,9H2,1H3,(H2,17,19,20). The average molecular weight is 289 g/mol. The highest BCUT2D eigenvalue weighted by molar-refractivity contribution is 5.88. The van der Waals surface area contributed by atoms with Gasteiger partial charge in [-0.15, -0.1) is 0 Å². The number of rotatable bonds is 5. The minimum atomic E-state index is -0.326. The smallest absolute Gasteiger partial charge is 0.319 e. The van der Waals surface area contributed by atoms with Gasteiger partial charge in [-0.25, -0.2) is 14.2 Å². The van der Waals surface area contributed by atoms with E-state index in [1.165, 1.54) is 30.5 Å². The molecule has 110 valence electrons. The minimum Gasteiger partial charge on any atom is -0.439 e. The monoisotopic (exact) mass is 289 g/mol. The molecule has 2 N–H and O–H groups in total. The van der Waals surface area contributed by atoms with Crippen molar-refractivity contribution >= 4 is 11.7 Å². The van der Waals surface area contributed by atoms with Gasteiger partial charge in [0, 0.05) is 12.6 Å². The summed E-state index contributed by atoms with van der Waals surface area (Å²) in [5, 5.41) is 5.35. The predicted octanol–water partition coefficient (Wildman–Crippen LogP) is 3.54. The maximum atomic E-state index is 12.8. The first-order chi connectivity index (χ1) is 10.2. The summed E-state index contributed by atoms with van der Waals surface area (Å²) in [4.78, 5) is 15.5. The summed E-state index contributed by atoms with van der Waals surface area (Å²) < 4.78 is 18.2. The van der Waals surface area contributed by atoms with E-state index in [9.17, 15) is 9.18 Å². The van der Waals surface area contributed by atoms with Gasteiger partial charge in [0.25, 0.3) is 0 Å². The first-order valence-electron chi connectivity index (χ1n) is 6.61. The quantitative estimate of drug-likeness (QED) is 0.884. The van der Waals surface area contributed by atoms with Crippen molar-refractivity contribution in [2.45, 2.75) is 13.3 Å². The van der Waals surface area contributed by atoms with Crippen LogP contribution in [0.5, 0.6) is 11.6 Å². The second kappa shape index (κ2) is 7.23. The van der Waals surface area contributed by atoms with Gasteiger partial charge in [-0.2, -0.15) is 0 Å². The normalized spacial score (nSPS) is 10.0. The summed E-state index contributed by atoms with van der Waals surface area (Å²) in [5.74, 6) is 0.527. The number of amides is 2. The molecule has 2 aromatic rings. The number of carbonyl (C=O) groups is 1. The number of halogens is 1. The number of aromatic nitrogens is 1. The summed E-state index contributed by atoms with van der Waals surface area (Å²) in [5.41, 5.74) is 0.565. The van der Waals surface area contributed by atoms with Crippen LogP contribution in [0.1, 0.15) is 13.3 Å². The van der Waals surface area contributed by atoms with Crippen LogP contribution in [-0.2, 0) is 0 Å². The van der Waals surface area contributed by atoms with Crippen molar-refractivity contribution in [2.24, 2.45) is 0 Å². The number of nitrogens with one attached hydrogen (secondary N) is 2. The lowest BCUT2D eigenvalue weighted by atomic mass is 10.3. The van der Waals surface area contributed by atoms with E-state index >= 15 is 0 Å². The maximum Gasteiger partial charge on any atom is 0.319 e. The first kappa shape index (κ1) is 14.8. The average Bonchev–Trinajstić information content (AvgIpc) is 2.49. The Bertz CT molecular complexity index is 585. The van der Waals surface area contributed by atoms with Crippen molar-refractivity contribution in [3.05, 3.63) is 48.4 Å². The number of pyridine rings is 1. The number of ether oxygens (including phenoxy) is 1. The van der Waals surface area contributed by atoms with E-state index in [1.807, 2.05) is 6.92 Å². The van der Waals surface area contributed by atoms with Gasteiger partial charge in [0.2, 0.25) is 5.88 Å². The van der Waals surface area contributed by atoms with Crippen molar-refractivity contribution in [3.63, 3.8) is 0 Å². The molecule has 0 aliphatic rings. The van der Waals surface area contributed by atoms with Crippen LogP contribution in [0, 0.1) is 5.82 Å². The van der Waals surface area contributed by atoms with E-state index in [0.717, 1.165) is 6.42 Å². The summed E-state index contributed by atoms with van der Waals surface area (Å²) >= 11 is 0. The Labute approximate surface area is 122 Å². The summed E-state index contributed by atoms with van der Waals surface area (Å²) in [7, 11) is 0. The molecule has 6 heteroatoms. The molecular formula is C15H16FN3O2. The lowest BCUT2D eigenvalue weighted by Crippen LogP contribution is -2.29. The zero-order chi connectivity index (χ0) is 15.1. The molecule has 1 heterocycles. The summed E-state index contributed by atoms with van der Waals surface area (Å²) in [6.45, 7) is 2.59. The van der Waals surface area contributed by atoms with Gasteiger partial charge in [-0.3, -0.25) is 0 Å². The van der Waals surface area contributed by atoms with Crippen LogP contribution >= 0.6 is 0 Å². The lowest BCUT2D eigenvalue weighted by Gasteiger charge is -2.08. The van der Waals surface area contributed by atoms with Crippen LogP contribution in [0.25, 0.3) is 0 Å². The molecule has 0 atom stereocenters. The zero-order valence-electron chi connectivity index (χ0n) is 11.6. The van der Waals surface area contributed by atoms with E-state index in [1.54, 1.807) is 12.1 Å². The number of urea groups is 1. The van der Waals surface area contributed by atoms with E-state index in [2.05, 4.69) is 15.6 Å². The summed E-state index contributed by atoms with van der Waals surface area (Å²) in [6.07, 6.45) is 2.36. The molecule has 2 rings (SSSR count). The Hall–Kier alpha value is -2.63. The topological polar surface area (TPSA) is 63.2 Å². The third kappa shape index (κ3) is 4.76. The molecule has 0 radical (unpaired) electrons. The highest BCUT2D eigenvalue weighted by atomic mass is 19.1. The number of carbonyl (C=O) groups excluding carboxylic acids is 1. The zero-order valence-corrected chi connectivity index (χ0v) is 11.6. The molecule has 1 aromatic heterocycles. The third-order valence-corrected chi connectivity index (χ3v) is 2.57. The van der Waals surface area contributed by atoms with Crippen LogP contribution in [0.3, 0.4) is 0 Å². The Morgan fingerprint density at radius 1 is 1.24 bits per heavy atom. The molecule has 0 unspecified atom stereocenters. The van der Waals surface area contributed by atoms with Crippen molar-refractivity contribution in [1.29, 1.82) is 0 Å². The second-order valence-electron chi connectivity index (χ2n) is 4.32. The van der Waals surface area contributed by atoms with E-state index in [4.69, 9.17) is 4.74 Å². The summed E-state index contributed by atoms with van der Waals surface area (Å²) in [6, 6.07) is 8.68. The fraction of sp³-hybridized carbons (Fsp3) is 0.200. The van der Waals surface area contributed by atoms with Crippen molar-refractivity contribution in [2.75, 3.05) is 11.9 Å². The number of anilines is 1. The maximum absolute atomic E-state index is 12.8. The van der Waals surface area contributed by atoms with Gasteiger partial charge in [0.15, 0.2) is 0 Å². The van der Waals surface area contributed by atoms with Gasteiger partial charge in [0.05, 0.1) is 11.9 Å². The molecule has 0 fully saturated rings. The van der Waals surface area contributed by atoms with Crippen molar-refractivity contribution in [3.8, 4) is 11.6 Å². The van der Waals surface area contributed by atoms with Crippen LogP contribution in [0.2, 0.25) is 0 Å². The Morgan fingerprint density at radius 3 is 2.62 bits per heavy atom. The first-order valence-corrected chi connectivity index (χ1v) is 6.61. The Kier molecular flexibility index (Phi) is 5.09. The molecule has 1 aromatic carbocycles. The molecule has 0 saturated carbocycles. The van der Waals surface area contributed by atoms with Crippen molar-refractivity contribution < 1.29 is 13.9 Å². The largest absolute Gasteiger partial charge is 0.439 e. The number of benzene rings is 1. The molecule has 0 bridgehead atoms. The highest BCUT2D eigenvalue weighted by Crippen LogP contribution is 2.20. The molecule has 2 amide bonds. The van der Waals surface area contributed by atoms with E-state index in [0.29, 0.717) is 23.9 Å². The Morgan fingerprint density at radius 2 is 2.00 bits per heavy atom. The highest BCUT2D eigenvalue weighted by Gasteiger charge is 2.03. The van der Waals surface area contributed by atoms with Gasteiger partial charge in [-0.1, -0.05) is 6.92 Å². The van der Waals surface area contributed by atoms with E-state index < -0.39 is 0 Å². The second-order valence-corrected chi connectivity index (χ2v) is 4.32. The molecule has 0 aliphatic carbocycles. The van der Waals surface area contributed by atoms with Crippen LogP contribution in [-0.4, -0.2) is 17.6 Å². The van der Waals surface area contributed by atoms with Gasteiger partial charge >= 0.3 is 6.03 Å². The number of hydrogen-bond acceptors (Lipinski definition) is 3. The van der Waals surface area contributed by atoms with Gasteiger partial charge in [0.1, 0.15) is 11.6 Å². The van der Waals surface area contributed by atoms with Crippen LogP contribution < -0.4 is 15.4 Å². The molecule has 0 saturated heterocycles. The lowest BCUT2D eigenvalue weighted by molar-refractivity contribution is 0.252. The van der Waals surface area contributed by atoms with Crippen molar-refractivity contribution in [1.82, 2.24) is 10.3 Å². The number of nitrogens with zero attached hydrogens (tertiary/aromatic N) is 1. The van der Waals surface area contributed by atoms with Crippen LogP contribution in [0.15, 0.2) is 42.6 Å². The third-order valence-electron chi connectivity index (χ3n) is 2.57. The SMILES string of the molecule is CCCNC(=O)Nc1ccc(Oc2ccc(F)cc2)nc1. The number of hydrogen-bond donors (Lipinski definition) is 2. The molecule has 5 nitrogen and oxygen atoms in total. The fourth-order valence-electron chi connectivity index (χ4n) is 1.55. The minimum absolute atomic E-state index is 0.272. The van der Waals surface area contributed by atoms with Gasteiger partial charge in [-0.05, 0) is 36.8 Å². The molecule has 0 aliphatic heterocycles. The molecular weight excluding hydrogens is 273 g/mol. The van der Waals surface area contributed by atoms with E-state index in [-0.39, 0.29) is 11.8 Å².